The molecule has 0 bridgehead atoms. The lowest BCUT2D eigenvalue weighted by atomic mass is 9.87. The van der Waals surface area contributed by atoms with Gasteiger partial charge in [0.05, 0.1) is 0 Å². The third kappa shape index (κ3) is 3.34. The third-order valence-corrected chi connectivity index (χ3v) is 4.68. The quantitative estimate of drug-likeness (QED) is 0.880. The van der Waals surface area contributed by atoms with Gasteiger partial charge in [-0.1, -0.05) is 6.92 Å². The molecule has 2 aliphatic heterocycles. The van der Waals surface area contributed by atoms with Gasteiger partial charge in [0.2, 0.25) is 0 Å². The lowest BCUT2D eigenvalue weighted by Crippen LogP contribution is -2.42. The van der Waals surface area contributed by atoms with Gasteiger partial charge in [0.15, 0.2) is 0 Å². The van der Waals surface area contributed by atoms with Crippen molar-refractivity contribution in [1.29, 1.82) is 0 Å². The average molecular weight is 263 g/mol. The zero-order valence-electron chi connectivity index (χ0n) is 11.9. The molecule has 0 aliphatic carbocycles. The highest BCUT2D eigenvalue weighted by Gasteiger charge is 2.32. The largest absolute Gasteiger partial charge is 0.316 e. The molecule has 0 radical (unpaired) electrons. The molecule has 2 saturated heterocycles. The van der Waals surface area contributed by atoms with E-state index in [-0.39, 0.29) is 0 Å². The summed E-state index contributed by atoms with van der Waals surface area (Å²) in [4.78, 5) is 6.67. The minimum absolute atomic E-state index is 0.499. The van der Waals surface area contributed by atoms with Crippen LogP contribution in [0, 0.1) is 11.3 Å². The van der Waals surface area contributed by atoms with E-state index in [9.17, 15) is 0 Å². The van der Waals surface area contributed by atoms with Crippen LogP contribution >= 0.6 is 0 Å². The van der Waals surface area contributed by atoms with Crippen LogP contribution in [-0.2, 0) is 6.54 Å². The number of aromatic nitrogens is 3. The van der Waals surface area contributed by atoms with Crippen LogP contribution in [-0.4, -0.2) is 52.4 Å². The maximum atomic E-state index is 4.21. The minimum atomic E-state index is 0.499. The van der Waals surface area contributed by atoms with Gasteiger partial charge in [0.1, 0.15) is 12.7 Å². The topological polar surface area (TPSA) is 46.0 Å². The van der Waals surface area contributed by atoms with Gasteiger partial charge in [-0.15, -0.1) is 0 Å². The van der Waals surface area contributed by atoms with E-state index in [0.29, 0.717) is 5.41 Å². The van der Waals surface area contributed by atoms with Crippen LogP contribution < -0.4 is 5.32 Å². The van der Waals surface area contributed by atoms with Crippen LogP contribution in [0.15, 0.2) is 12.7 Å². The van der Waals surface area contributed by atoms with Crippen LogP contribution in [0.3, 0.4) is 0 Å². The number of piperidine rings is 1. The van der Waals surface area contributed by atoms with Gasteiger partial charge >= 0.3 is 0 Å². The van der Waals surface area contributed by atoms with Crippen molar-refractivity contribution >= 4 is 0 Å². The molecule has 3 rings (SSSR count). The van der Waals surface area contributed by atoms with Crippen molar-refractivity contribution in [3.8, 4) is 0 Å². The van der Waals surface area contributed by atoms with Crippen molar-refractivity contribution in [3.05, 3.63) is 12.7 Å². The number of likely N-dealkylation sites (tertiary alicyclic amines) is 1. The normalized spacial score (nSPS) is 29.9. The number of nitrogens with one attached hydrogen (secondary N) is 1. The molecule has 5 nitrogen and oxygen atoms in total. The fraction of sp³-hybridized carbons (Fsp3) is 0.857. The first-order chi connectivity index (χ1) is 9.23. The third-order valence-electron chi connectivity index (χ3n) is 4.68. The van der Waals surface area contributed by atoms with Crippen molar-refractivity contribution in [3.63, 3.8) is 0 Å². The van der Waals surface area contributed by atoms with Crippen molar-refractivity contribution in [2.45, 2.75) is 32.7 Å². The van der Waals surface area contributed by atoms with E-state index in [0.717, 1.165) is 12.5 Å². The summed E-state index contributed by atoms with van der Waals surface area (Å²) in [6.07, 6.45) is 7.37. The van der Waals surface area contributed by atoms with E-state index in [1.807, 2.05) is 11.0 Å². The summed E-state index contributed by atoms with van der Waals surface area (Å²) in [6.45, 7) is 9.59. The Morgan fingerprint density at radius 1 is 1.37 bits per heavy atom. The molecule has 19 heavy (non-hydrogen) atoms. The highest BCUT2D eigenvalue weighted by Crippen LogP contribution is 2.28. The first kappa shape index (κ1) is 13.1. The summed E-state index contributed by atoms with van der Waals surface area (Å²) < 4.78 is 1.97. The molecule has 1 aromatic rings. The molecule has 106 valence electrons. The van der Waals surface area contributed by atoms with Crippen molar-refractivity contribution in [1.82, 2.24) is 25.0 Å². The molecule has 1 N–H and O–H groups in total. The van der Waals surface area contributed by atoms with Gasteiger partial charge in [0, 0.05) is 19.6 Å². The maximum absolute atomic E-state index is 4.21. The Morgan fingerprint density at radius 2 is 2.21 bits per heavy atom. The summed E-state index contributed by atoms with van der Waals surface area (Å²) in [5.41, 5.74) is 0.499. The predicted molar refractivity (Wildman–Crippen MR) is 74.8 cm³/mol. The zero-order chi connectivity index (χ0) is 13.1. The number of hydrogen-bond acceptors (Lipinski definition) is 4. The van der Waals surface area contributed by atoms with E-state index in [4.69, 9.17) is 0 Å². The Morgan fingerprint density at radius 3 is 2.84 bits per heavy atom. The van der Waals surface area contributed by atoms with Gasteiger partial charge < -0.3 is 10.2 Å². The van der Waals surface area contributed by atoms with Crippen LogP contribution in [0.2, 0.25) is 0 Å². The molecular formula is C14H25N5. The van der Waals surface area contributed by atoms with E-state index in [1.54, 1.807) is 6.33 Å². The van der Waals surface area contributed by atoms with Crippen molar-refractivity contribution in [2.75, 3.05) is 32.7 Å². The molecular weight excluding hydrogens is 238 g/mol. The van der Waals surface area contributed by atoms with E-state index < -0.39 is 0 Å². The number of nitrogens with zero attached hydrogens (tertiary/aromatic N) is 4. The first-order valence-electron chi connectivity index (χ1n) is 7.49. The van der Waals surface area contributed by atoms with Gasteiger partial charge in [-0.2, -0.15) is 5.10 Å². The van der Waals surface area contributed by atoms with Crippen LogP contribution in [0.1, 0.15) is 26.2 Å². The second-order valence-electron chi connectivity index (χ2n) is 6.57. The first-order valence-corrected chi connectivity index (χ1v) is 7.49. The van der Waals surface area contributed by atoms with E-state index in [2.05, 4.69) is 27.2 Å². The minimum Gasteiger partial charge on any atom is -0.316 e. The Labute approximate surface area is 115 Å². The fourth-order valence-electron chi connectivity index (χ4n) is 3.46. The molecule has 1 unspecified atom stereocenters. The Hall–Kier alpha value is -0.940. The molecule has 0 aromatic carbocycles. The lowest BCUT2D eigenvalue weighted by Gasteiger charge is -2.37. The van der Waals surface area contributed by atoms with Gasteiger partial charge in [-0.3, -0.25) is 4.68 Å². The van der Waals surface area contributed by atoms with Crippen molar-refractivity contribution < 1.29 is 0 Å². The van der Waals surface area contributed by atoms with E-state index >= 15 is 0 Å². The molecule has 2 fully saturated rings. The lowest BCUT2D eigenvalue weighted by molar-refractivity contribution is 0.121. The average Bonchev–Trinajstić information content (AvgIpc) is 3.04. The smallest absolute Gasteiger partial charge is 0.137 e. The number of rotatable bonds is 4. The summed E-state index contributed by atoms with van der Waals surface area (Å²) in [7, 11) is 0. The van der Waals surface area contributed by atoms with E-state index in [1.165, 1.54) is 52.0 Å². The SMILES string of the molecule is CC1(CN2CCC(Cn3cncn3)CC2)CCNC1. The van der Waals surface area contributed by atoms with Crippen LogP contribution in [0.4, 0.5) is 0 Å². The summed E-state index contributed by atoms with van der Waals surface area (Å²) in [5.74, 6) is 0.771. The van der Waals surface area contributed by atoms with Crippen LogP contribution in [0.5, 0.6) is 0 Å². The predicted octanol–water partition coefficient (Wildman–Crippen LogP) is 0.990. The van der Waals surface area contributed by atoms with Crippen molar-refractivity contribution in [2.24, 2.45) is 11.3 Å². The monoisotopic (exact) mass is 263 g/mol. The molecule has 1 atom stereocenters. The standard InChI is InChI=1S/C14H25N5/c1-14(4-5-15-9-14)10-18-6-2-13(3-7-18)8-19-12-16-11-17-19/h11-13,15H,2-10H2,1H3. The molecule has 0 saturated carbocycles. The summed E-state index contributed by atoms with van der Waals surface area (Å²) in [6, 6.07) is 0. The van der Waals surface area contributed by atoms with Gasteiger partial charge in [0.25, 0.3) is 0 Å². The fourth-order valence-corrected chi connectivity index (χ4v) is 3.46. The molecule has 1 aromatic heterocycles. The Bertz CT molecular complexity index is 375. The number of hydrogen-bond donors (Lipinski definition) is 1. The van der Waals surface area contributed by atoms with Crippen LogP contribution in [0.25, 0.3) is 0 Å². The molecule has 5 heteroatoms. The molecule has 0 spiro atoms. The Kier molecular flexibility index (Phi) is 3.84. The summed E-state index contributed by atoms with van der Waals surface area (Å²) >= 11 is 0. The zero-order valence-corrected chi connectivity index (χ0v) is 11.9. The second-order valence-corrected chi connectivity index (χ2v) is 6.57. The molecule has 2 aliphatic rings. The molecule has 3 heterocycles. The Balaban J connectivity index is 1.44. The second kappa shape index (κ2) is 5.59. The maximum Gasteiger partial charge on any atom is 0.137 e. The molecule has 0 amide bonds. The van der Waals surface area contributed by atoms with Gasteiger partial charge in [-0.25, -0.2) is 4.98 Å². The summed E-state index contributed by atoms with van der Waals surface area (Å²) in [5, 5.41) is 7.70. The van der Waals surface area contributed by atoms with Gasteiger partial charge in [-0.05, 0) is 50.2 Å². The highest BCUT2D eigenvalue weighted by atomic mass is 15.3. The highest BCUT2D eigenvalue weighted by molar-refractivity contribution is 4.87.